The van der Waals surface area contributed by atoms with Crippen LogP contribution in [0, 0.1) is 0 Å². The first-order valence-corrected chi connectivity index (χ1v) is 12.6. The van der Waals surface area contributed by atoms with Gasteiger partial charge in [-0.25, -0.2) is 4.79 Å². The molecular weight excluding hydrogens is 535 g/mol. The average Bonchev–Trinajstić information content (AvgIpc) is 2.88. The lowest BCUT2D eigenvalue weighted by Crippen LogP contribution is -2.34. The summed E-state index contributed by atoms with van der Waals surface area (Å²) < 4.78 is 17.9. The smallest absolute Gasteiger partial charge is 0.412 e. The SMILES string of the molecule is CC1(C)OC(=O)Nc2ccc(OCCCC=[N+](OS)c3ccc(Cl)c(Cl)c3C(=O)c3ccccc3)cc21. The van der Waals surface area contributed by atoms with Crippen molar-refractivity contribution in [2.24, 2.45) is 0 Å². The number of carbonyl (C=O) groups excluding carboxylic acids is 2. The molecule has 3 aromatic rings. The quantitative estimate of drug-likeness (QED) is 0.0544. The monoisotopic (exact) mass is 559 g/mol. The molecule has 37 heavy (non-hydrogen) atoms. The molecule has 1 amide bonds. The minimum absolute atomic E-state index is 0.135. The lowest BCUT2D eigenvalue weighted by atomic mass is 9.94. The molecule has 0 fully saturated rings. The highest BCUT2D eigenvalue weighted by Crippen LogP contribution is 2.38. The Hall–Kier alpha value is -3.20. The zero-order valence-electron chi connectivity index (χ0n) is 20.2. The fraction of sp³-hybridized carbons (Fsp3) is 0.222. The van der Waals surface area contributed by atoms with E-state index in [4.69, 9.17) is 37.0 Å². The van der Waals surface area contributed by atoms with Gasteiger partial charge in [0.25, 0.3) is 5.69 Å². The van der Waals surface area contributed by atoms with E-state index in [-0.39, 0.29) is 21.4 Å². The number of hydrogen-bond donors (Lipinski definition) is 2. The molecule has 3 aromatic carbocycles. The first kappa shape index (κ1) is 26.9. The highest BCUT2D eigenvalue weighted by molar-refractivity contribution is 7.74. The van der Waals surface area contributed by atoms with Crippen molar-refractivity contribution in [2.45, 2.75) is 32.3 Å². The fourth-order valence-electron chi connectivity index (χ4n) is 3.97. The fourth-order valence-corrected chi connectivity index (χ4v) is 4.53. The van der Waals surface area contributed by atoms with Crippen LogP contribution in [-0.4, -0.2) is 29.4 Å². The number of benzene rings is 3. The first-order valence-electron chi connectivity index (χ1n) is 11.5. The topological polar surface area (TPSA) is 76.9 Å². The number of anilines is 1. The van der Waals surface area contributed by atoms with Gasteiger partial charge in [-0.05, 0) is 44.5 Å². The van der Waals surface area contributed by atoms with E-state index < -0.39 is 11.7 Å². The standard InChI is InChI=1S/C27H24Cl2N2O5S/c1-27(2)19-16-18(10-12-21(19)30-26(33)35-27)34-15-7-6-14-31(36-37)22-13-11-20(28)24(29)23(22)25(32)17-8-4-3-5-9-17/h3-5,8-14,16H,6-7,15H2,1-2H3,(H-,30,33,37)/p+1. The highest BCUT2D eigenvalue weighted by Gasteiger charge is 2.33. The predicted molar refractivity (Wildman–Crippen MR) is 147 cm³/mol. The lowest BCUT2D eigenvalue weighted by Gasteiger charge is -2.32. The third-order valence-electron chi connectivity index (χ3n) is 5.80. The number of rotatable bonds is 9. The Morgan fingerprint density at radius 1 is 1.14 bits per heavy atom. The number of unbranched alkanes of at least 4 members (excludes halogenated alkanes) is 1. The van der Waals surface area contributed by atoms with Crippen molar-refractivity contribution in [3.05, 3.63) is 87.4 Å². The van der Waals surface area contributed by atoms with Crippen LogP contribution in [0.15, 0.2) is 60.7 Å². The number of ketones is 1. The average molecular weight is 560 g/mol. The summed E-state index contributed by atoms with van der Waals surface area (Å²) in [5.41, 5.74) is 1.88. The molecule has 1 aliphatic rings. The molecule has 0 unspecified atom stereocenters. The van der Waals surface area contributed by atoms with Gasteiger partial charge in [0.2, 0.25) is 12.0 Å². The molecule has 0 saturated heterocycles. The number of fused-ring (bicyclic) bond motifs is 1. The lowest BCUT2D eigenvalue weighted by molar-refractivity contribution is -0.672. The molecule has 0 aliphatic carbocycles. The molecule has 1 heterocycles. The van der Waals surface area contributed by atoms with Gasteiger partial charge in [-0.15, -0.1) is 0 Å². The van der Waals surface area contributed by atoms with Crippen molar-refractivity contribution in [2.75, 3.05) is 11.9 Å². The van der Waals surface area contributed by atoms with E-state index in [1.54, 1.807) is 54.7 Å². The number of nitrogens with one attached hydrogen (secondary N) is 1. The van der Waals surface area contributed by atoms with E-state index >= 15 is 0 Å². The Kier molecular flexibility index (Phi) is 8.32. The largest absolute Gasteiger partial charge is 0.494 e. The van der Waals surface area contributed by atoms with E-state index in [0.29, 0.717) is 42.1 Å². The van der Waals surface area contributed by atoms with Crippen molar-refractivity contribution in [1.29, 1.82) is 0 Å². The second-order valence-electron chi connectivity index (χ2n) is 8.76. The summed E-state index contributed by atoms with van der Waals surface area (Å²) in [6.07, 6.45) is 2.46. The van der Waals surface area contributed by atoms with Gasteiger partial charge in [0.15, 0.2) is 0 Å². The molecule has 4 rings (SSSR count). The van der Waals surface area contributed by atoms with Crippen LogP contribution in [0.1, 0.15) is 48.2 Å². The maximum absolute atomic E-state index is 13.2. The second kappa shape index (κ2) is 11.5. The number of carbonyl (C=O) groups is 2. The van der Waals surface area contributed by atoms with Gasteiger partial charge < -0.3 is 9.47 Å². The van der Waals surface area contributed by atoms with E-state index in [1.807, 2.05) is 26.0 Å². The van der Waals surface area contributed by atoms with Crippen molar-refractivity contribution in [3.8, 4) is 5.75 Å². The number of ether oxygens (including phenoxy) is 2. The van der Waals surface area contributed by atoms with Crippen molar-refractivity contribution in [3.63, 3.8) is 0 Å². The van der Waals surface area contributed by atoms with Gasteiger partial charge in [-0.1, -0.05) is 53.5 Å². The summed E-state index contributed by atoms with van der Waals surface area (Å²) in [5.74, 6) is 0.375. The van der Waals surface area contributed by atoms with Gasteiger partial charge in [-0.3, -0.25) is 10.1 Å². The maximum Gasteiger partial charge on any atom is 0.412 e. The number of amides is 1. The van der Waals surface area contributed by atoms with Crippen molar-refractivity contribution < 1.29 is 28.1 Å². The molecule has 10 heteroatoms. The molecule has 0 aromatic heterocycles. The number of hydrogen-bond acceptors (Lipinski definition) is 6. The van der Waals surface area contributed by atoms with Crippen LogP contribution in [0.4, 0.5) is 16.2 Å². The minimum atomic E-state index is -0.760. The van der Waals surface area contributed by atoms with Crippen LogP contribution in [0.5, 0.6) is 5.75 Å². The van der Waals surface area contributed by atoms with E-state index in [9.17, 15) is 9.59 Å². The van der Waals surface area contributed by atoms with Crippen molar-refractivity contribution >= 4 is 65.6 Å². The Labute approximate surface area is 230 Å². The number of halogens is 2. The molecule has 0 radical (unpaired) electrons. The van der Waals surface area contributed by atoms with Crippen LogP contribution in [-0.2, 0) is 14.6 Å². The Balaban J connectivity index is 1.46. The highest BCUT2D eigenvalue weighted by atomic mass is 35.5. The molecule has 0 saturated carbocycles. The molecule has 7 nitrogen and oxygen atoms in total. The zero-order chi connectivity index (χ0) is 26.6. The van der Waals surface area contributed by atoms with E-state index in [1.165, 1.54) is 4.74 Å². The molecule has 192 valence electrons. The van der Waals surface area contributed by atoms with Gasteiger partial charge in [0.05, 0.1) is 22.3 Å². The minimum Gasteiger partial charge on any atom is -0.494 e. The molecule has 0 atom stereocenters. The molecule has 1 aliphatic heterocycles. The van der Waals surface area contributed by atoms with Crippen LogP contribution >= 0.6 is 36.1 Å². The summed E-state index contributed by atoms with van der Waals surface area (Å²) in [4.78, 5) is 24.9. The summed E-state index contributed by atoms with van der Waals surface area (Å²) in [5, 5.41) is 3.09. The summed E-state index contributed by atoms with van der Waals surface area (Å²) in [6.45, 7) is 4.07. The summed E-state index contributed by atoms with van der Waals surface area (Å²) >= 11 is 16.6. The molecule has 1 N–H and O–H groups in total. The summed E-state index contributed by atoms with van der Waals surface area (Å²) in [6, 6.07) is 17.5. The second-order valence-corrected chi connectivity index (χ2v) is 9.71. The van der Waals surface area contributed by atoms with Gasteiger partial charge in [0, 0.05) is 28.4 Å². The summed E-state index contributed by atoms with van der Waals surface area (Å²) in [7, 11) is 0. The Morgan fingerprint density at radius 2 is 1.89 bits per heavy atom. The van der Waals surface area contributed by atoms with Gasteiger partial charge >= 0.3 is 6.09 Å². The number of nitrogens with zero attached hydrogens (tertiary/aromatic N) is 1. The van der Waals surface area contributed by atoms with Gasteiger partial charge in [0.1, 0.15) is 29.8 Å². The number of thiol groups is 1. The maximum atomic E-state index is 13.2. The van der Waals surface area contributed by atoms with Crippen LogP contribution < -0.4 is 10.1 Å². The first-order chi connectivity index (χ1) is 17.7. The Morgan fingerprint density at radius 3 is 2.62 bits per heavy atom. The van der Waals surface area contributed by atoms with Crippen LogP contribution in [0.2, 0.25) is 10.0 Å². The van der Waals surface area contributed by atoms with Crippen LogP contribution in [0.25, 0.3) is 0 Å². The number of cyclic esters (lactones) is 1. The molecular formula is C27H25Cl2N2O5S+. The van der Waals surface area contributed by atoms with Crippen molar-refractivity contribution in [1.82, 2.24) is 0 Å². The molecule has 0 spiro atoms. The van der Waals surface area contributed by atoms with E-state index in [0.717, 1.165) is 5.56 Å². The third-order valence-corrected chi connectivity index (χ3v) is 6.78. The van der Waals surface area contributed by atoms with Gasteiger partial charge in [-0.2, -0.15) is 4.28 Å². The third kappa shape index (κ3) is 6.04. The zero-order valence-corrected chi connectivity index (χ0v) is 22.6. The normalized spacial score (nSPS) is 14.3. The van der Waals surface area contributed by atoms with Crippen LogP contribution in [0.3, 0.4) is 0 Å². The van der Waals surface area contributed by atoms with E-state index in [2.05, 4.69) is 18.2 Å². The Bertz CT molecular complexity index is 1360. The predicted octanol–water partition coefficient (Wildman–Crippen LogP) is 7.37. The molecule has 0 bridgehead atoms.